The van der Waals surface area contributed by atoms with Gasteiger partial charge in [0, 0.05) is 18.0 Å². The van der Waals surface area contributed by atoms with Gasteiger partial charge in [-0.25, -0.2) is 0 Å². The second-order valence-electron chi connectivity index (χ2n) is 5.83. The summed E-state index contributed by atoms with van der Waals surface area (Å²) in [5.41, 5.74) is 1.55. The molecule has 1 aliphatic heterocycles. The van der Waals surface area contributed by atoms with Crippen LogP contribution in [0.2, 0.25) is 0 Å². The van der Waals surface area contributed by atoms with Crippen LogP contribution in [0.3, 0.4) is 0 Å². The predicted octanol–water partition coefficient (Wildman–Crippen LogP) is 1.53. The normalized spacial score (nSPS) is 20.1. The van der Waals surface area contributed by atoms with Crippen molar-refractivity contribution in [3.63, 3.8) is 0 Å². The van der Waals surface area contributed by atoms with Crippen molar-refractivity contribution in [1.29, 1.82) is 0 Å². The summed E-state index contributed by atoms with van der Waals surface area (Å²) in [5.74, 6) is 0.525. The van der Waals surface area contributed by atoms with Gasteiger partial charge in [-0.2, -0.15) is 0 Å². The van der Waals surface area contributed by atoms with Gasteiger partial charge in [0.1, 0.15) is 5.75 Å². The Bertz CT molecular complexity index is 453. The van der Waals surface area contributed by atoms with Gasteiger partial charge < -0.3 is 14.8 Å². The van der Waals surface area contributed by atoms with Gasteiger partial charge >= 0.3 is 7.12 Å². The number of methoxy groups -OCH3 is 1. The van der Waals surface area contributed by atoms with Crippen molar-refractivity contribution in [1.82, 2.24) is 4.90 Å². The highest BCUT2D eigenvalue weighted by Crippen LogP contribution is 2.22. The fourth-order valence-electron chi connectivity index (χ4n) is 3.23. The maximum absolute atomic E-state index is 9.47. The Hall–Kier alpha value is -1.04. The molecular weight excluding hydrogens is 265 g/mol. The Morgan fingerprint density at radius 3 is 2.76 bits per heavy atom. The minimum absolute atomic E-state index is 0.442. The Kier molecular flexibility index (Phi) is 6.09. The molecule has 116 valence electrons. The summed E-state index contributed by atoms with van der Waals surface area (Å²) in [5, 5.41) is 18.9. The molecule has 0 spiro atoms. The van der Waals surface area contributed by atoms with Crippen LogP contribution in [0.25, 0.3) is 0 Å². The maximum Gasteiger partial charge on any atom is 0.492 e. The van der Waals surface area contributed by atoms with E-state index in [1.165, 1.54) is 32.1 Å². The molecule has 4 nitrogen and oxygen atoms in total. The SMILES string of the molecule is CCC1CCCCCN1Cc1ccc(OC)c(B(O)O)c1. The number of nitrogens with zero attached hydrogens (tertiary/aromatic N) is 1. The van der Waals surface area contributed by atoms with Crippen LogP contribution in [0.5, 0.6) is 5.75 Å². The molecule has 0 radical (unpaired) electrons. The lowest BCUT2D eigenvalue weighted by molar-refractivity contribution is 0.186. The van der Waals surface area contributed by atoms with Gasteiger partial charge in [0.05, 0.1) is 7.11 Å². The highest BCUT2D eigenvalue weighted by molar-refractivity contribution is 6.59. The van der Waals surface area contributed by atoms with E-state index < -0.39 is 7.12 Å². The zero-order chi connectivity index (χ0) is 15.2. The number of hydrogen-bond acceptors (Lipinski definition) is 4. The first-order chi connectivity index (χ1) is 10.2. The smallest absolute Gasteiger partial charge is 0.492 e. The van der Waals surface area contributed by atoms with Crippen molar-refractivity contribution >= 4 is 12.6 Å². The molecule has 1 aromatic rings. The van der Waals surface area contributed by atoms with Crippen molar-refractivity contribution in [3.8, 4) is 5.75 Å². The van der Waals surface area contributed by atoms with Crippen molar-refractivity contribution < 1.29 is 14.8 Å². The highest BCUT2D eigenvalue weighted by Gasteiger charge is 2.21. The number of hydrogen-bond donors (Lipinski definition) is 2. The third kappa shape index (κ3) is 4.22. The van der Waals surface area contributed by atoms with Crippen LogP contribution < -0.4 is 10.2 Å². The quantitative estimate of drug-likeness (QED) is 0.808. The van der Waals surface area contributed by atoms with Crippen LogP contribution >= 0.6 is 0 Å². The van der Waals surface area contributed by atoms with E-state index in [0.29, 0.717) is 17.3 Å². The monoisotopic (exact) mass is 291 g/mol. The molecule has 1 heterocycles. The van der Waals surface area contributed by atoms with E-state index in [9.17, 15) is 10.0 Å². The van der Waals surface area contributed by atoms with Gasteiger partial charge in [0.15, 0.2) is 0 Å². The van der Waals surface area contributed by atoms with E-state index in [0.717, 1.165) is 18.7 Å². The van der Waals surface area contributed by atoms with Crippen LogP contribution in [0.1, 0.15) is 44.6 Å². The second kappa shape index (κ2) is 7.83. The molecule has 0 aromatic heterocycles. The third-order valence-corrected chi connectivity index (χ3v) is 4.43. The topological polar surface area (TPSA) is 52.9 Å². The molecule has 1 atom stereocenters. The molecule has 2 N–H and O–H groups in total. The molecule has 5 heteroatoms. The minimum atomic E-state index is -1.49. The van der Waals surface area contributed by atoms with E-state index in [-0.39, 0.29) is 0 Å². The minimum Gasteiger partial charge on any atom is -0.497 e. The molecule has 0 amide bonds. The molecule has 1 aromatic carbocycles. The highest BCUT2D eigenvalue weighted by atomic mass is 16.5. The average molecular weight is 291 g/mol. The van der Waals surface area contributed by atoms with Crippen LogP contribution in [0, 0.1) is 0 Å². The number of benzene rings is 1. The fourth-order valence-corrected chi connectivity index (χ4v) is 3.23. The molecule has 1 aliphatic rings. The zero-order valence-corrected chi connectivity index (χ0v) is 13.1. The van der Waals surface area contributed by atoms with Crippen molar-refractivity contribution in [2.75, 3.05) is 13.7 Å². The van der Waals surface area contributed by atoms with Gasteiger partial charge in [-0.3, -0.25) is 4.90 Å². The summed E-state index contributed by atoms with van der Waals surface area (Å²) < 4.78 is 5.18. The second-order valence-corrected chi connectivity index (χ2v) is 5.83. The molecule has 1 saturated heterocycles. The van der Waals surface area contributed by atoms with Crippen LogP contribution in [-0.4, -0.2) is 41.8 Å². The van der Waals surface area contributed by atoms with E-state index in [1.54, 1.807) is 7.11 Å². The lowest BCUT2D eigenvalue weighted by Gasteiger charge is -2.29. The standard InChI is InChI=1S/C16H26BNO3/c1-3-14-7-5-4-6-10-18(14)12-13-8-9-16(21-2)15(11-13)17(19)20/h8-9,11,14,19-20H,3-7,10,12H2,1-2H3. The average Bonchev–Trinajstić information content (AvgIpc) is 2.72. The Morgan fingerprint density at radius 1 is 1.29 bits per heavy atom. The van der Waals surface area contributed by atoms with Crippen LogP contribution in [-0.2, 0) is 6.54 Å². The van der Waals surface area contributed by atoms with Crippen LogP contribution in [0.4, 0.5) is 0 Å². The van der Waals surface area contributed by atoms with Gasteiger partial charge in [-0.1, -0.05) is 31.9 Å². The Morgan fingerprint density at radius 2 is 2.10 bits per heavy atom. The van der Waals surface area contributed by atoms with Gasteiger partial charge in [0.2, 0.25) is 0 Å². The first-order valence-electron chi connectivity index (χ1n) is 7.92. The van der Waals surface area contributed by atoms with E-state index in [1.807, 2.05) is 18.2 Å². The molecule has 2 rings (SSSR count). The summed E-state index contributed by atoms with van der Waals surface area (Å²) >= 11 is 0. The van der Waals surface area contributed by atoms with Gasteiger partial charge in [-0.05, 0) is 37.4 Å². The Balaban J connectivity index is 2.15. The van der Waals surface area contributed by atoms with E-state index >= 15 is 0 Å². The number of rotatable bonds is 5. The van der Waals surface area contributed by atoms with Gasteiger partial charge in [-0.15, -0.1) is 0 Å². The third-order valence-electron chi connectivity index (χ3n) is 4.43. The van der Waals surface area contributed by atoms with E-state index in [2.05, 4.69) is 11.8 Å². The summed E-state index contributed by atoms with van der Waals surface area (Å²) in [6, 6.07) is 6.32. The van der Waals surface area contributed by atoms with E-state index in [4.69, 9.17) is 4.74 Å². The largest absolute Gasteiger partial charge is 0.497 e. The molecule has 0 saturated carbocycles. The molecule has 1 fully saturated rings. The first kappa shape index (κ1) is 16.3. The maximum atomic E-state index is 9.47. The van der Waals surface area contributed by atoms with Crippen molar-refractivity contribution in [3.05, 3.63) is 23.8 Å². The number of ether oxygens (including phenoxy) is 1. The van der Waals surface area contributed by atoms with Crippen molar-refractivity contribution in [2.24, 2.45) is 0 Å². The summed E-state index contributed by atoms with van der Waals surface area (Å²) in [4.78, 5) is 2.53. The zero-order valence-electron chi connectivity index (χ0n) is 13.1. The molecule has 0 bridgehead atoms. The lowest BCUT2D eigenvalue weighted by atomic mass is 9.78. The van der Waals surface area contributed by atoms with Gasteiger partial charge in [0.25, 0.3) is 0 Å². The summed E-state index contributed by atoms with van der Waals surface area (Å²) in [6.07, 6.45) is 6.32. The lowest BCUT2D eigenvalue weighted by Crippen LogP contribution is -2.35. The molecule has 0 aliphatic carbocycles. The number of likely N-dealkylation sites (tertiary alicyclic amines) is 1. The fraction of sp³-hybridized carbons (Fsp3) is 0.625. The van der Waals surface area contributed by atoms with Crippen molar-refractivity contribution in [2.45, 2.75) is 51.6 Å². The van der Waals surface area contributed by atoms with Crippen LogP contribution in [0.15, 0.2) is 18.2 Å². The molecule has 1 unspecified atom stereocenters. The summed E-state index contributed by atoms with van der Waals surface area (Å²) in [7, 11) is 0.0500. The molecule has 21 heavy (non-hydrogen) atoms. The summed E-state index contributed by atoms with van der Waals surface area (Å²) in [6.45, 7) is 4.24. The first-order valence-corrected chi connectivity index (χ1v) is 7.92. The Labute approximate surface area is 127 Å². The predicted molar refractivity (Wildman–Crippen MR) is 85.8 cm³/mol. The molecular formula is C16H26BNO3.